The van der Waals surface area contributed by atoms with Crippen LogP contribution in [0.1, 0.15) is 0 Å². The topological polar surface area (TPSA) is 57.0 Å². The van der Waals surface area contributed by atoms with Crippen LogP contribution < -0.4 is 0 Å². The van der Waals surface area contributed by atoms with Crippen LogP contribution in [0.5, 0.6) is 0 Å². The molecule has 9 aromatic carbocycles. The predicted molar refractivity (Wildman–Crippen MR) is 226 cm³/mol. The zero-order chi connectivity index (χ0) is 35.8. The van der Waals surface area contributed by atoms with Crippen LogP contribution in [-0.4, -0.2) is 14.5 Å². The maximum absolute atomic E-state index is 6.45. The number of aromatic nitrogens is 3. The van der Waals surface area contributed by atoms with Crippen molar-refractivity contribution >= 4 is 109 Å². The molecule has 4 heterocycles. The molecular weight excluding hydrogens is 675 g/mol. The lowest BCUT2D eigenvalue weighted by molar-refractivity contribution is 0.653. The van der Waals surface area contributed by atoms with E-state index in [-0.39, 0.29) is 0 Å². The van der Waals surface area contributed by atoms with Gasteiger partial charge in [0.05, 0.1) is 11.0 Å². The molecule has 5 nitrogen and oxygen atoms in total. The molecular formula is C50H27N3O2. The lowest BCUT2D eigenvalue weighted by Crippen LogP contribution is -2.03. The van der Waals surface area contributed by atoms with Crippen LogP contribution in [0, 0.1) is 0 Å². The molecule has 0 N–H and O–H groups in total. The second kappa shape index (κ2) is 10.6. The Bertz CT molecular complexity index is 3760. The van der Waals surface area contributed by atoms with Gasteiger partial charge in [0.2, 0.25) is 5.71 Å². The average Bonchev–Trinajstić information content (AvgIpc) is 3.92. The number of furan rings is 2. The van der Waals surface area contributed by atoms with Crippen molar-refractivity contribution < 1.29 is 8.83 Å². The fourth-order valence-electron chi connectivity index (χ4n) is 9.30. The summed E-state index contributed by atoms with van der Waals surface area (Å²) in [5.41, 5.74) is 7.41. The van der Waals surface area contributed by atoms with Gasteiger partial charge in [-0.3, -0.25) is 4.57 Å². The molecule has 13 rings (SSSR count). The van der Waals surface area contributed by atoms with E-state index in [2.05, 4.69) is 126 Å². The quantitative estimate of drug-likeness (QED) is 0.168. The Morgan fingerprint density at radius 2 is 0.982 bits per heavy atom. The molecule has 0 saturated heterocycles. The van der Waals surface area contributed by atoms with Gasteiger partial charge in [-0.2, -0.15) is 0 Å². The van der Waals surface area contributed by atoms with Crippen molar-refractivity contribution in [2.24, 2.45) is 0 Å². The van der Waals surface area contributed by atoms with Crippen molar-refractivity contribution in [1.82, 2.24) is 14.5 Å². The fraction of sp³-hybridized carbons (Fsp3) is 0. The Balaban J connectivity index is 1.29. The standard InChI is InChI=1S/C50H27N3O2/c1-2-13-29-28(12-1)24-25-38-45-39(27-26-34-32-16-4-3-14-30(32)31-15-5-6-17-33(31)44(34)45)53(48(29)38)49-46(52-50-47(51-49)36-19-8-10-22-41(36)55-50)37-20-11-23-42-43(37)35-18-7-9-21-40(35)54-42/h1-27H. The molecule has 5 heteroatoms. The van der Waals surface area contributed by atoms with E-state index < -0.39 is 0 Å². The third-order valence-corrected chi connectivity index (χ3v) is 11.6. The first kappa shape index (κ1) is 29.0. The molecule has 0 aliphatic carbocycles. The summed E-state index contributed by atoms with van der Waals surface area (Å²) in [7, 11) is 0. The summed E-state index contributed by atoms with van der Waals surface area (Å²) in [6.45, 7) is 0. The van der Waals surface area contributed by atoms with Gasteiger partial charge >= 0.3 is 0 Å². The number of nitrogens with zero attached hydrogens (tertiary/aromatic N) is 3. The van der Waals surface area contributed by atoms with Crippen LogP contribution in [0.25, 0.3) is 126 Å². The zero-order valence-corrected chi connectivity index (χ0v) is 29.2. The molecule has 0 fully saturated rings. The molecule has 0 radical (unpaired) electrons. The lowest BCUT2D eigenvalue weighted by Gasteiger charge is -2.15. The van der Waals surface area contributed by atoms with Crippen molar-refractivity contribution in [2.75, 3.05) is 0 Å². The van der Waals surface area contributed by atoms with Gasteiger partial charge in [0, 0.05) is 43.3 Å². The second-order valence-corrected chi connectivity index (χ2v) is 14.4. The lowest BCUT2D eigenvalue weighted by atomic mass is 9.91. The average molecular weight is 702 g/mol. The maximum atomic E-state index is 6.45. The minimum absolute atomic E-state index is 0.498. The van der Waals surface area contributed by atoms with Gasteiger partial charge in [-0.1, -0.05) is 133 Å². The molecule has 0 amide bonds. The number of hydrogen-bond donors (Lipinski definition) is 0. The number of para-hydroxylation sites is 2. The Morgan fingerprint density at radius 3 is 1.78 bits per heavy atom. The van der Waals surface area contributed by atoms with Crippen LogP contribution in [0.15, 0.2) is 173 Å². The Kier molecular flexibility index (Phi) is 5.57. The number of hydrogen-bond acceptors (Lipinski definition) is 4. The van der Waals surface area contributed by atoms with Gasteiger partial charge in [0.15, 0.2) is 5.82 Å². The Hall–Kier alpha value is -7.50. The highest BCUT2D eigenvalue weighted by Crippen LogP contribution is 2.47. The Morgan fingerprint density at radius 1 is 0.382 bits per heavy atom. The van der Waals surface area contributed by atoms with Gasteiger partial charge in [-0.15, -0.1) is 0 Å². The summed E-state index contributed by atoms with van der Waals surface area (Å²) in [4.78, 5) is 11.1. The summed E-state index contributed by atoms with van der Waals surface area (Å²) in [6.07, 6.45) is 0. The third-order valence-electron chi connectivity index (χ3n) is 11.6. The van der Waals surface area contributed by atoms with E-state index in [0.717, 1.165) is 82.7 Å². The summed E-state index contributed by atoms with van der Waals surface area (Å²) in [6, 6.07) is 57.8. The van der Waals surface area contributed by atoms with E-state index in [4.69, 9.17) is 18.8 Å². The monoisotopic (exact) mass is 701 g/mol. The van der Waals surface area contributed by atoms with Crippen molar-refractivity contribution in [3.63, 3.8) is 0 Å². The normalized spacial score (nSPS) is 12.4. The molecule has 254 valence electrons. The zero-order valence-electron chi connectivity index (χ0n) is 29.2. The highest BCUT2D eigenvalue weighted by Gasteiger charge is 2.26. The van der Waals surface area contributed by atoms with Crippen molar-refractivity contribution in [1.29, 1.82) is 0 Å². The molecule has 4 aromatic heterocycles. The molecule has 0 saturated carbocycles. The van der Waals surface area contributed by atoms with Crippen LogP contribution in [0.2, 0.25) is 0 Å². The Labute approximate surface area is 312 Å². The van der Waals surface area contributed by atoms with Gasteiger partial charge in [0.1, 0.15) is 28.0 Å². The highest BCUT2D eigenvalue weighted by atomic mass is 16.3. The minimum Gasteiger partial charge on any atom is -0.456 e. The van der Waals surface area contributed by atoms with E-state index >= 15 is 0 Å². The summed E-state index contributed by atoms with van der Waals surface area (Å²) < 4.78 is 15.2. The van der Waals surface area contributed by atoms with Crippen LogP contribution in [0.3, 0.4) is 0 Å². The van der Waals surface area contributed by atoms with Crippen molar-refractivity contribution in [2.45, 2.75) is 0 Å². The maximum Gasteiger partial charge on any atom is 0.247 e. The van der Waals surface area contributed by atoms with Gasteiger partial charge in [-0.05, 0) is 62.6 Å². The molecule has 0 bridgehead atoms. The van der Waals surface area contributed by atoms with E-state index in [0.29, 0.717) is 5.71 Å². The predicted octanol–water partition coefficient (Wildman–Crippen LogP) is 13.7. The van der Waals surface area contributed by atoms with Crippen molar-refractivity contribution in [3.05, 3.63) is 164 Å². The van der Waals surface area contributed by atoms with E-state index in [9.17, 15) is 0 Å². The molecule has 0 atom stereocenters. The summed E-state index contributed by atoms with van der Waals surface area (Å²) in [5, 5.41) is 15.0. The van der Waals surface area contributed by atoms with E-state index in [1.54, 1.807) is 0 Å². The summed E-state index contributed by atoms with van der Waals surface area (Å²) in [5.74, 6) is 0.734. The molecule has 13 aromatic rings. The SMILES string of the molecule is c1ccc2c(c1)ccc1c3c4c5ccccc5c5ccccc5c4ccc3n(-c3nc4c(nc3-c3cccc5oc6ccccc6c35)oc3ccccc34)c21. The van der Waals surface area contributed by atoms with Gasteiger partial charge in [0.25, 0.3) is 0 Å². The number of benzene rings is 9. The third kappa shape index (κ3) is 3.81. The molecule has 0 aliphatic heterocycles. The number of rotatable bonds is 2. The van der Waals surface area contributed by atoms with Crippen LogP contribution in [-0.2, 0) is 0 Å². The van der Waals surface area contributed by atoms with E-state index in [1.807, 2.05) is 42.5 Å². The first-order valence-corrected chi connectivity index (χ1v) is 18.6. The number of fused-ring (bicyclic) bond motifs is 18. The minimum atomic E-state index is 0.498. The molecule has 0 spiro atoms. The summed E-state index contributed by atoms with van der Waals surface area (Å²) >= 11 is 0. The second-order valence-electron chi connectivity index (χ2n) is 14.4. The highest BCUT2D eigenvalue weighted by molar-refractivity contribution is 6.36. The van der Waals surface area contributed by atoms with Gasteiger partial charge < -0.3 is 8.83 Å². The molecule has 0 aliphatic rings. The smallest absolute Gasteiger partial charge is 0.247 e. The van der Waals surface area contributed by atoms with E-state index in [1.165, 1.54) is 37.7 Å². The fourth-order valence-corrected chi connectivity index (χ4v) is 9.30. The van der Waals surface area contributed by atoms with Gasteiger partial charge in [-0.25, -0.2) is 9.97 Å². The largest absolute Gasteiger partial charge is 0.456 e. The van der Waals surface area contributed by atoms with Crippen molar-refractivity contribution in [3.8, 4) is 17.1 Å². The first-order valence-electron chi connectivity index (χ1n) is 18.6. The first-order chi connectivity index (χ1) is 27.3. The molecule has 0 unspecified atom stereocenters. The van der Waals surface area contributed by atoms with Crippen LogP contribution >= 0.6 is 0 Å². The molecule has 55 heavy (non-hydrogen) atoms. The van der Waals surface area contributed by atoms with Crippen LogP contribution in [0.4, 0.5) is 0 Å².